The maximum absolute atomic E-state index is 10.3. The molecule has 10 rings (SSSR count). The van der Waals surface area contributed by atoms with Crippen LogP contribution in [-0.2, 0) is 5.41 Å². The van der Waals surface area contributed by atoms with Crippen molar-refractivity contribution in [2.24, 2.45) is 0 Å². The van der Waals surface area contributed by atoms with Gasteiger partial charge in [0.15, 0.2) is 0 Å². The van der Waals surface area contributed by atoms with Gasteiger partial charge in [-0.15, -0.1) is 0 Å². The molecule has 0 fully saturated rings. The van der Waals surface area contributed by atoms with E-state index in [-0.39, 0.29) is 12.1 Å². The lowest BCUT2D eigenvalue weighted by atomic mass is 9.67. The zero-order chi connectivity index (χ0) is 39.9. The summed E-state index contributed by atoms with van der Waals surface area (Å²) in [6, 6.07) is 71.9. The molecule has 1 aliphatic carbocycles. The number of allylic oxidation sites excluding steroid dienone is 4. The van der Waals surface area contributed by atoms with E-state index in [1.54, 1.807) is 0 Å². The number of nitrogens with zero attached hydrogens (tertiary/aromatic N) is 1. The first-order valence-electron chi connectivity index (χ1n) is 20.6. The van der Waals surface area contributed by atoms with Crippen molar-refractivity contribution in [1.82, 2.24) is 0 Å². The molecule has 1 aliphatic rings. The molecule has 56 heavy (non-hydrogen) atoms. The third-order valence-corrected chi connectivity index (χ3v) is 11.4. The van der Waals surface area contributed by atoms with Crippen molar-refractivity contribution in [2.45, 2.75) is 5.41 Å². The zero-order valence-electron chi connectivity index (χ0n) is 33.7. The second kappa shape index (κ2) is 13.9. The highest BCUT2D eigenvalue weighted by Gasteiger charge is 2.46. The molecule has 1 heteroatoms. The van der Waals surface area contributed by atoms with Crippen LogP contribution < -0.4 is 4.90 Å². The van der Waals surface area contributed by atoms with Gasteiger partial charge in [0.25, 0.3) is 0 Å². The van der Waals surface area contributed by atoms with Gasteiger partial charge in [-0.3, -0.25) is 0 Å². The van der Waals surface area contributed by atoms with Gasteiger partial charge in [0.2, 0.25) is 0 Å². The van der Waals surface area contributed by atoms with E-state index in [9.17, 15) is 2.74 Å². The smallest absolute Gasteiger partial charge is 0.0714 e. The molecule has 0 aromatic heterocycles. The van der Waals surface area contributed by atoms with Crippen molar-refractivity contribution in [1.29, 1.82) is 0 Å². The van der Waals surface area contributed by atoms with Crippen LogP contribution in [0.2, 0.25) is 0 Å². The molecule has 1 nitrogen and oxygen atoms in total. The van der Waals surface area contributed by atoms with E-state index in [1.807, 2.05) is 66.9 Å². The minimum atomic E-state index is -0.937. The van der Waals surface area contributed by atoms with Crippen molar-refractivity contribution in [3.8, 4) is 11.1 Å². The molecular formula is C55H39N. The average Bonchev–Trinajstić information content (AvgIpc) is 3.63. The Balaban J connectivity index is 1.21. The number of benzene rings is 9. The first kappa shape index (κ1) is 30.1. The molecule has 0 heterocycles. The fourth-order valence-electron chi connectivity index (χ4n) is 8.81. The topological polar surface area (TPSA) is 3.24 Å². The van der Waals surface area contributed by atoms with Gasteiger partial charge in [-0.1, -0.05) is 189 Å². The Labute approximate surface area is 332 Å². The number of hydrogen-bond acceptors (Lipinski definition) is 1. The van der Waals surface area contributed by atoms with E-state index in [1.165, 1.54) is 27.1 Å². The fraction of sp³-hybridized carbons (Fsp3) is 0.0182. The first-order chi connectivity index (χ1) is 29.1. The Morgan fingerprint density at radius 3 is 1.80 bits per heavy atom. The van der Waals surface area contributed by atoms with Crippen LogP contribution in [0.5, 0.6) is 0 Å². The van der Waals surface area contributed by atoms with Crippen molar-refractivity contribution in [3.63, 3.8) is 0 Å². The van der Waals surface area contributed by atoms with E-state index in [4.69, 9.17) is 1.37 Å². The van der Waals surface area contributed by atoms with Crippen LogP contribution in [0, 0.1) is 0 Å². The predicted molar refractivity (Wildman–Crippen MR) is 238 cm³/mol. The highest BCUT2D eigenvalue weighted by Crippen LogP contribution is 2.55. The van der Waals surface area contributed by atoms with Gasteiger partial charge in [-0.2, -0.15) is 0 Å². The molecule has 9 aromatic rings. The van der Waals surface area contributed by atoms with Crippen molar-refractivity contribution in [2.75, 3.05) is 4.90 Å². The summed E-state index contributed by atoms with van der Waals surface area (Å²) in [5.74, 6) is 0. The third-order valence-electron chi connectivity index (χ3n) is 11.4. The third kappa shape index (κ3) is 5.40. The molecular weight excluding hydrogens is 675 g/mol. The Hall–Kier alpha value is -7.22. The molecule has 0 N–H and O–H groups in total. The van der Waals surface area contributed by atoms with Gasteiger partial charge in [-0.25, -0.2) is 0 Å². The highest BCUT2D eigenvalue weighted by molar-refractivity contribution is 6.13. The summed E-state index contributed by atoms with van der Waals surface area (Å²) >= 11 is 0. The maximum Gasteiger partial charge on any atom is 0.0714 e. The van der Waals surface area contributed by atoms with Gasteiger partial charge in [0.1, 0.15) is 0 Å². The fourth-order valence-corrected chi connectivity index (χ4v) is 8.81. The van der Waals surface area contributed by atoms with Crippen molar-refractivity contribution >= 4 is 49.3 Å². The Kier molecular flexibility index (Phi) is 7.47. The number of rotatable bonds is 8. The number of hydrogen-bond donors (Lipinski definition) is 0. The zero-order valence-corrected chi connectivity index (χ0v) is 30.7. The summed E-state index contributed by atoms with van der Waals surface area (Å²) < 4.78 is 28.0. The summed E-state index contributed by atoms with van der Waals surface area (Å²) in [7, 11) is 0. The molecule has 0 spiro atoms. The monoisotopic (exact) mass is 716 g/mol. The SMILES string of the molecule is [2H]C=C([2H])C1=C(/C([2H])=C/N(c2ccc(-c3cc4ccccc4c4ccccc34)cc2)c2ccc3ccccc3c2)C(c2ccccc2)(c2ccccc2)c2ccccc21. The van der Waals surface area contributed by atoms with E-state index < -0.39 is 5.41 Å². The van der Waals surface area contributed by atoms with E-state index in [0.717, 1.165) is 56.5 Å². The van der Waals surface area contributed by atoms with Gasteiger partial charge < -0.3 is 4.90 Å². The lowest BCUT2D eigenvalue weighted by molar-refractivity contribution is 0.761. The van der Waals surface area contributed by atoms with E-state index in [2.05, 4.69) is 150 Å². The largest absolute Gasteiger partial charge is 0.317 e. The summed E-state index contributed by atoms with van der Waals surface area (Å²) in [6.07, 6.45) is 1.91. The van der Waals surface area contributed by atoms with E-state index in [0.29, 0.717) is 11.1 Å². The molecule has 0 saturated heterocycles. The maximum atomic E-state index is 10.3. The van der Waals surface area contributed by atoms with Gasteiger partial charge >= 0.3 is 0 Å². The summed E-state index contributed by atoms with van der Waals surface area (Å²) in [4.78, 5) is 2.10. The van der Waals surface area contributed by atoms with E-state index >= 15 is 0 Å². The van der Waals surface area contributed by atoms with Crippen molar-refractivity contribution < 1.29 is 4.11 Å². The van der Waals surface area contributed by atoms with Gasteiger partial charge in [-0.05, 0) is 113 Å². The molecule has 0 atom stereocenters. The normalized spacial score (nSPS) is 14.8. The van der Waals surface area contributed by atoms with Crippen LogP contribution in [0.1, 0.15) is 26.4 Å². The van der Waals surface area contributed by atoms with Gasteiger partial charge in [0, 0.05) is 17.6 Å². The van der Waals surface area contributed by atoms with Gasteiger partial charge in [0.05, 0.1) is 9.53 Å². The van der Waals surface area contributed by atoms with Crippen LogP contribution in [0.15, 0.2) is 237 Å². The Morgan fingerprint density at radius 2 is 1.07 bits per heavy atom. The number of anilines is 2. The quantitative estimate of drug-likeness (QED) is 0.142. The molecule has 0 amide bonds. The second-order valence-corrected chi connectivity index (χ2v) is 14.3. The summed E-state index contributed by atoms with van der Waals surface area (Å²) in [6.45, 7) is 1.10. The summed E-state index contributed by atoms with van der Waals surface area (Å²) in [5, 5.41) is 7.08. The minimum Gasteiger partial charge on any atom is -0.317 e. The standard InChI is InChI=1S/C55H39N/c1-2-47-51-27-15-16-28-53(51)55(43-20-5-3-6-21-43,44-22-7-4-8-23-44)54(47)35-36-56(46-34-29-39-17-9-10-18-41(39)37-46)45-32-30-40(31-33-45)52-38-42-19-11-12-24-48(42)49-25-13-14-26-50(49)52/h2-38H,1H2/b36-35+/i1D,2D,35D/b2-1?,36-35+. The van der Waals surface area contributed by atoms with Crippen LogP contribution >= 0.6 is 0 Å². The first-order valence-corrected chi connectivity index (χ1v) is 19.1. The molecule has 9 aromatic carbocycles. The van der Waals surface area contributed by atoms with Crippen molar-refractivity contribution in [3.05, 3.63) is 259 Å². The molecule has 0 radical (unpaired) electrons. The number of fused-ring (bicyclic) bond motifs is 5. The highest BCUT2D eigenvalue weighted by atomic mass is 15.1. The minimum absolute atomic E-state index is 0.0588. The molecule has 0 unspecified atom stereocenters. The van der Waals surface area contributed by atoms with Crippen LogP contribution in [0.25, 0.3) is 49.0 Å². The van der Waals surface area contributed by atoms with Crippen LogP contribution in [0.3, 0.4) is 0 Å². The Bertz CT molecular complexity index is 3090. The average molecular weight is 717 g/mol. The lowest BCUT2D eigenvalue weighted by Crippen LogP contribution is -2.29. The second-order valence-electron chi connectivity index (χ2n) is 14.3. The summed E-state index contributed by atoms with van der Waals surface area (Å²) in [5.41, 5.74) is 8.19. The molecule has 264 valence electrons. The molecule has 0 aliphatic heterocycles. The predicted octanol–water partition coefficient (Wildman–Crippen LogP) is 14.5. The molecule has 0 saturated carbocycles. The Morgan fingerprint density at radius 1 is 0.482 bits per heavy atom. The molecule has 0 bridgehead atoms. The lowest BCUT2D eigenvalue weighted by Gasteiger charge is -2.35. The van der Waals surface area contributed by atoms with Crippen LogP contribution in [0.4, 0.5) is 11.4 Å². The van der Waals surface area contributed by atoms with Crippen LogP contribution in [-0.4, -0.2) is 0 Å².